The van der Waals surface area contributed by atoms with E-state index in [1.165, 1.54) is 0 Å². The lowest BCUT2D eigenvalue weighted by atomic mass is 9.92. The lowest BCUT2D eigenvalue weighted by molar-refractivity contribution is -0.150. The fraction of sp³-hybridized carbons (Fsp3) is 0.625. The lowest BCUT2D eigenvalue weighted by Crippen LogP contribution is -2.49. The molecule has 1 N–H and O–H groups in total. The van der Waals surface area contributed by atoms with Crippen molar-refractivity contribution >= 4 is 5.97 Å². The van der Waals surface area contributed by atoms with Gasteiger partial charge in [0.1, 0.15) is 11.3 Å². The Bertz CT molecular complexity index is 545. The average molecular weight is 292 g/mol. The summed E-state index contributed by atoms with van der Waals surface area (Å²) in [4.78, 5) is 18.3. The second-order valence-corrected chi connectivity index (χ2v) is 5.76. The fourth-order valence-corrected chi connectivity index (χ4v) is 3.37. The van der Waals surface area contributed by atoms with Crippen LogP contribution in [0.5, 0.6) is 5.75 Å². The van der Waals surface area contributed by atoms with E-state index < -0.39 is 11.5 Å². The van der Waals surface area contributed by atoms with Crippen molar-refractivity contribution in [3.63, 3.8) is 0 Å². The molecular formula is C16H24N2O3. The molecule has 1 aliphatic rings. The molecular weight excluding hydrogens is 268 g/mol. The van der Waals surface area contributed by atoms with Crippen LogP contribution in [0.15, 0.2) is 6.20 Å². The van der Waals surface area contributed by atoms with Gasteiger partial charge in [0.25, 0.3) is 0 Å². The number of aromatic nitrogens is 1. The van der Waals surface area contributed by atoms with Crippen LogP contribution in [-0.2, 0) is 11.3 Å². The molecule has 0 amide bonds. The van der Waals surface area contributed by atoms with Gasteiger partial charge in [0.15, 0.2) is 0 Å². The second kappa shape index (κ2) is 6.02. The Hall–Kier alpha value is -1.62. The normalized spacial score (nSPS) is 22.5. The molecule has 0 aromatic carbocycles. The summed E-state index contributed by atoms with van der Waals surface area (Å²) in [7, 11) is 1.66. The highest BCUT2D eigenvalue weighted by atomic mass is 16.5. The van der Waals surface area contributed by atoms with E-state index in [9.17, 15) is 9.90 Å². The van der Waals surface area contributed by atoms with Crippen molar-refractivity contribution in [2.45, 2.75) is 52.1 Å². The molecule has 1 aromatic heterocycles. The van der Waals surface area contributed by atoms with Crippen LogP contribution in [0.3, 0.4) is 0 Å². The maximum Gasteiger partial charge on any atom is 0.324 e. The number of hydrogen-bond donors (Lipinski definition) is 1. The quantitative estimate of drug-likeness (QED) is 0.903. The minimum absolute atomic E-state index is 0.558. The van der Waals surface area contributed by atoms with Gasteiger partial charge in [-0.25, -0.2) is 0 Å². The molecule has 1 unspecified atom stereocenters. The molecule has 0 bridgehead atoms. The largest absolute Gasteiger partial charge is 0.496 e. The molecule has 0 aliphatic carbocycles. The van der Waals surface area contributed by atoms with E-state index in [0.717, 1.165) is 35.5 Å². The van der Waals surface area contributed by atoms with Gasteiger partial charge in [-0.3, -0.25) is 14.7 Å². The number of ether oxygens (including phenoxy) is 1. The number of hydrogen-bond acceptors (Lipinski definition) is 4. The van der Waals surface area contributed by atoms with Crippen LogP contribution in [0.1, 0.15) is 43.0 Å². The Morgan fingerprint density at radius 2 is 2.24 bits per heavy atom. The van der Waals surface area contributed by atoms with Crippen LogP contribution in [0.4, 0.5) is 0 Å². The van der Waals surface area contributed by atoms with E-state index in [2.05, 4.69) is 9.88 Å². The van der Waals surface area contributed by atoms with Gasteiger partial charge >= 0.3 is 5.97 Å². The number of aryl methyl sites for hydroxylation is 1. The number of likely N-dealkylation sites (tertiary alicyclic amines) is 1. The van der Waals surface area contributed by atoms with Crippen molar-refractivity contribution in [1.29, 1.82) is 0 Å². The molecule has 0 saturated carbocycles. The first-order valence-corrected chi connectivity index (χ1v) is 7.43. The number of carbonyl (C=O) groups is 1. The van der Waals surface area contributed by atoms with Crippen LogP contribution in [0.2, 0.25) is 0 Å². The summed E-state index contributed by atoms with van der Waals surface area (Å²) in [5.41, 5.74) is 2.16. The molecule has 2 heterocycles. The van der Waals surface area contributed by atoms with Crippen molar-refractivity contribution in [1.82, 2.24) is 9.88 Å². The van der Waals surface area contributed by atoms with Crippen LogP contribution in [-0.4, -0.2) is 40.2 Å². The van der Waals surface area contributed by atoms with Crippen LogP contribution in [0.25, 0.3) is 0 Å². The number of methoxy groups -OCH3 is 1. The zero-order chi connectivity index (χ0) is 15.6. The predicted molar refractivity (Wildman–Crippen MR) is 80.6 cm³/mol. The van der Waals surface area contributed by atoms with E-state index >= 15 is 0 Å². The molecule has 0 radical (unpaired) electrons. The van der Waals surface area contributed by atoms with Gasteiger partial charge in [0.2, 0.25) is 0 Å². The van der Waals surface area contributed by atoms with Crippen molar-refractivity contribution in [2.24, 2.45) is 0 Å². The van der Waals surface area contributed by atoms with Crippen LogP contribution >= 0.6 is 0 Å². The average Bonchev–Trinajstić information content (AvgIpc) is 2.86. The first-order chi connectivity index (χ1) is 9.96. The SMILES string of the molecule is CCC1(C(=O)O)CCCN1Cc1ncc(C)c(OC)c1C. The number of aliphatic carboxylic acids is 1. The third kappa shape index (κ3) is 2.62. The summed E-state index contributed by atoms with van der Waals surface area (Å²) in [6.45, 7) is 7.26. The van der Waals surface area contributed by atoms with Gasteiger partial charge in [0, 0.05) is 23.9 Å². The Labute approximate surface area is 125 Å². The van der Waals surface area contributed by atoms with E-state index in [-0.39, 0.29) is 0 Å². The molecule has 1 aromatic rings. The highest BCUT2D eigenvalue weighted by molar-refractivity contribution is 5.79. The Morgan fingerprint density at radius 1 is 1.52 bits per heavy atom. The van der Waals surface area contributed by atoms with E-state index in [1.807, 2.05) is 20.8 Å². The number of rotatable bonds is 5. The summed E-state index contributed by atoms with van der Waals surface area (Å²) in [5, 5.41) is 9.64. The highest BCUT2D eigenvalue weighted by Crippen LogP contribution is 2.35. The zero-order valence-electron chi connectivity index (χ0n) is 13.3. The van der Waals surface area contributed by atoms with Crippen molar-refractivity contribution in [3.8, 4) is 5.75 Å². The van der Waals surface area contributed by atoms with E-state index in [4.69, 9.17) is 4.74 Å². The standard InChI is InChI=1S/C16H24N2O3/c1-5-16(15(19)20)7-6-8-18(16)10-13-12(3)14(21-4)11(2)9-17-13/h9H,5-8,10H2,1-4H3,(H,19,20). The molecule has 5 heteroatoms. The number of carboxylic acid groups (broad SMARTS) is 1. The van der Waals surface area contributed by atoms with Crippen molar-refractivity contribution in [2.75, 3.05) is 13.7 Å². The molecule has 1 fully saturated rings. The Morgan fingerprint density at radius 3 is 2.81 bits per heavy atom. The summed E-state index contributed by atoms with van der Waals surface area (Å²) in [5.74, 6) is 0.121. The summed E-state index contributed by atoms with van der Waals surface area (Å²) < 4.78 is 5.43. The molecule has 1 aliphatic heterocycles. The minimum Gasteiger partial charge on any atom is -0.496 e. The van der Waals surface area contributed by atoms with Gasteiger partial charge < -0.3 is 9.84 Å². The van der Waals surface area contributed by atoms with Gasteiger partial charge in [-0.05, 0) is 39.7 Å². The van der Waals surface area contributed by atoms with E-state index in [0.29, 0.717) is 19.4 Å². The Balaban J connectivity index is 2.32. The molecule has 0 spiro atoms. The summed E-state index contributed by atoms with van der Waals surface area (Å²) in [6, 6.07) is 0. The molecule has 21 heavy (non-hydrogen) atoms. The maximum atomic E-state index is 11.7. The van der Waals surface area contributed by atoms with E-state index in [1.54, 1.807) is 13.3 Å². The first kappa shape index (κ1) is 15.8. The molecule has 5 nitrogen and oxygen atoms in total. The predicted octanol–water partition coefficient (Wildman–Crippen LogP) is 2.54. The second-order valence-electron chi connectivity index (χ2n) is 5.76. The van der Waals surface area contributed by atoms with Gasteiger partial charge in [-0.1, -0.05) is 6.92 Å². The molecule has 116 valence electrons. The third-order valence-corrected chi connectivity index (χ3v) is 4.70. The van der Waals surface area contributed by atoms with Gasteiger partial charge in [-0.15, -0.1) is 0 Å². The smallest absolute Gasteiger partial charge is 0.324 e. The first-order valence-electron chi connectivity index (χ1n) is 7.43. The number of carboxylic acids is 1. The number of pyridine rings is 1. The molecule has 1 atom stereocenters. The highest BCUT2D eigenvalue weighted by Gasteiger charge is 2.46. The summed E-state index contributed by atoms with van der Waals surface area (Å²) in [6.07, 6.45) is 4.04. The topological polar surface area (TPSA) is 62.7 Å². The zero-order valence-corrected chi connectivity index (χ0v) is 13.3. The fourth-order valence-electron chi connectivity index (χ4n) is 3.37. The Kier molecular flexibility index (Phi) is 4.52. The maximum absolute atomic E-state index is 11.7. The van der Waals surface area contributed by atoms with Crippen LogP contribution in [0, 0.1) is 13.8 Å². The van der Waals surface area contributed by atoms with Crippen LogP contribution < -0.4 is 4.74 Å². The monoisotopic (exact) mass is 292 g/mol. The van der Waals surface area contributed by atoms with Crippen molar-refractivity contribution in [3.05, 3.63) is 23.0 Å². The molecule has 1 saturated heterocycles. The minimum atomic E-state index is -0.744. The van der Waals surface area contributed by atoms with Gasteiger partial charge in [-0.2, -0.15) is 0 Å². The third-order valence-electron chi connectivity index (χ3n) is 4.70. The molecule has 2 rings (SSSR count). The number of nitrogens with zero attached hydrogens (tertiary/aromatic N) is 2. The summed E-state index contributed by atoms with van der Waals surface area (Å²) >= 11 is 0. The van der Waals surface area contributed by atoms with Gasteiger partial charge in [0.05, 0.1) is 12.8 Å². The lowest BCUT2D eigenvalue weighted by Gasteiger charge is -2.34. The van der Waals surface area contributed by atoms with Crippen molar-refractivity contribution < 1.29 is 14.6 Å².